The molecule has 3 heteroatoms. The van der Waals surface area contributed by atoms with E-state index in [-0.39, 0.29) is 11.9 Å². The molecule has 19 heavy (non-hydrogen) atoms. The molecule has 1 unspecified atom stereocenters. The lowest BCUT2D eigenvalue weighted by Crippen LogP contribution is -2.46. The quantitative estimate of drug-likeness (QED) is 0.710. The highest BCUT2D eigenvalue weighted by Crippen LogP contribution is 2.34. The third kappa shape index (κ3) is 3.35. The standard InChI is InChI=1S/C16H24O3/c1-5-18-12-16(13(3)4,15(17)19-6-2)14-10-8-7-9-11-14/h7-11,13H,5-6,12H2,1-4H3. The van der Waals surface area contributed by atoms with Crippen LogP contribution in [0.5, 0.6) is 0 Å². The van der Waals surface area contributed by atoms with Crippen LogP contribution in [0.15, 0.2) is 30.3 Å². The largest absolute Gasteiger partial charge is 0.465 e. The number of esters is 1. The van der Waals surface area contributed by atoms with Gasteiger partial charge in [-0.2, -0.15) is 0 Å². The van der Waals surface area contributed by atoms with Crippen molar-refractivity contribution in [3.63, 3.8) is 0 Å². The summed E-state index contributed by atoms with van der Waals surface area (Å²) in [6.45, 7) is 9.14. The number of carbonyl (C=O) groups is 1. The molecule has 1 aromatic rings. The minimum atomic E-state index is -0.729. The lowest BCUT2D eigenvalue weighted by Gasteiger charge is -2.35. The molecule has 0 aliphatic carbocycles. The third-order valence-electron chi connectivity index (χ3n) is 3.45. The second kappa shape index (κ2) is 7.29. The molecular weight excluding hydrogens is 240 g/mol. The van der Waals surface area contributed by atoms with Crippen LogP contribution in [0.25, 0.3) is 0 Å². The summed E-state index contributed by atoms with van der Waals surface area (Å²) in [7, 11) is 0. The summed E-state index contributed by atoms with van der Waals surface area (Å²) in [5.41, 5.74) is 0.227. The molecule has 0 heterocycles. The molecule has 106 valence electrons. The van der Waals surface area contributed by atoms with Gasteiger partial charge in [-0.25, -0.2) is 0 Å². The summed E-state index contributed by atoms with van der Waals surface area (Å²) in [5, 5.41) is 0. The van der Waals surface area contributed by atoms with Gasteiger partial charge in [-0.3, -0.25) is 4.79 Å². The van der Waals surface area contributed by atoms with Crippen LogP contribution in [0.1, 0.15) is 33.3 Å². The molecule has 0 spiro atoms. The van der Waals surface area contributed by atoms with Crippen molar-refractivity contribution in [2.24, 2.45) is 5.92 Å². The highest BCUT2D eigenvalue weighted by atomic mass is 16.5. The number of rotatable bonds is 7. The summed E-state index contributed by atoms with van der Waals surface area (Å²) in [4.78, 5) is 12.5. The van der Waals surface area contributed by atoms with Crippen molar-refractivity contribution in [3.05, 3.63) is 35.9 Å². The van der Waals surface area contributed by atoms with E-state index in [0.717, 1.165) is 5.56 Å². The van der Waals surface area contributed by atoms with Gasteiger partial charge < -0.3 is 9.47 Å². The predicted molar refractivity (Wildman–Crippen MR) is 76.1 cm³/mol. The normalized spacial score (nSPS) is 14.2. The van der Waals surface area contributed by atoms with E-state index in [0.29, 0.717) is 19.8 Å². The molecule has 0 saturated carbocycles. The lowest BCUT2D eigenvalue weighted by atomic mass is 9.72. The van der Waals surface area contributed by atoms with Gasteiger partial charge in [-0.05, 0) is 25.3 Å². The van der Waals surface area contributed by atoms with Gasteiger partial charge in [-0.15, -0.1) is 0 Å². The van der Waals surface area contributed by atoms with Crippen LogP contribution in [0.3, 0.4) is 0 Å². The van der Waals surface area contributed by atoms with E-state index in [1.807, 2.05) is 58.0 Å². The maximum absolute atomic E-state index is 12.5. The van der Waals surface area contributed by atoms with Crippen LogP contribution < -0.4 is 0 Å². The Morgan fingerprint density at radius 3 is 2.26 bits per heavy atom. The molecule has 1 rings (SSSR count). The summed E-state index contributed by atoms with van der Waals surface area (Å²) in [6, 6.07) is 9.77. The van der Waals surface area contributed by atoms with Gasteiger partial charge in [0.15, 0.2) is 0 Å². The number of hydrogen-bond donors (Lipinski definition) is 0. The van der Waals surface area contributed by atoms with Crippen molar-refractivity contribution in [1.82, 2.24) is 0 Å². The Balaban J connectivity index is 3.23. The lowest BCUT2D eigenvalue weighted by molar-refractivity contribution is -0.155. The molecule has 0 N–H and O–H groups in total. The average molecular weight is 264 g/mol. The first-order chi connectivity index (χ1) is 9.09. The van der Waals surface area contributed by atoms with Crippen LogP contribution in [0.4, 0.5) is 0 Å². The van der Waals surface area contributed by atoms with E-state index >= 15 is 0 Å². The zero-order valence-corrected chi connectivity index (χ0v) is 12.3. The number of ether oxygens (including phenoxy) is 2. The van der Waals surface area contributed by atoms with Crippen molar-refractivity contribution >= 4 is 5.97 Å². The number of carbonyl (C=O) groups excluding carboxylic acids is 1. The van der Waals surface area contributed by atoms with Crippen molar-refractivity contribution in [2.75, 3.05) is 19.8 Å². The first-order valence-electron chi connectivity index (χ1n) is 6.90. The fourth-order valence-corrected chi connectivity index (χ4v) is 2.25. The number of benzene rings is 1. The van der Waals surface area contributed by atoms with Crippen LogP contribution in [0.2, 0.25) is 0 Å². The van der Waals surface area contributed by atoms with Crippen LogP contribution in [-0.2, 0) is 19.7 Å². The van der Waals surface area contributed by atoms with E-state index in [1.165, 1.54) is 0 Å². The SMILES string of the molecule is CCOCC(C(=O)OCC)(c1ccccc1)C(C)C. The first-order valence-corrected chi connectivity index (χ1v) is 6.90. The molecule has 1 aromatic carbocycles. The zero-order valence-electron chi connectivity index (χ0n) is 12.3. The Bertz CT molecular complexity index is 386. The summed E-state index contributed by atoms with van der Waals surface area (Å²) in [6.07, 6.45) is 0. The first kappa shape index (κ1) is 15.7. The minimum absolute atomic E-state index is 0.0977. The molecular formula is C16H24O3. The molecule has 0 bridgehead atoms. The van der Waals surface area contributed by atoms with Gasteiger partial charge >= 0.3 is 5.97 Å². The summed E-state index contributed by atoms with van der Waals surface area (Å²) >= 11 is 0. The molecule has 0 fully saturated rings. The molecule has 0 radical (unpaired) electrons. The van der Waals surface area contributed by atoms with Crippen LogP contribution in [0, 0.1) is 5.92 Å². The fraction of sp³-hybridized carbons (Fsp3) is 0.562. The Hall–Kier alpha value is -1.35. The Kier molecular flexibility index (Phi) is 6.03. The van der Waals surface area contributed by atoms with Crippen molar-refractivity contribution in [2.45, 2.75) is 33.1 Å². The number of hydrogen-bond acceptors (Lipinski definition) is 3. The van der Waals surface area contributed by atoms with E-state index in [1.54, 1.807) is 0 Å². The Morgan fingerprint density at radius 1 is 1.16 bits per heavy atom. The molecule has 1 atom stereocenters. The zero-order chi connectivity index (χ0) is 14.3. The van der Waals surface area contributed by atoms with Gasteiger partial charge in [0.05, 0.1) is 13.2 Å². The summed E-state index contributed by atoms with van der Waals surface area (Å²) < 4.78 is 10.9. The minimum Gasteiger partial charge on any atom is -0.465 e. The molecule has 0 aliphatic rings. The monoisotopic (exact) mass is 264 g/mol. The molecule has 0 aromatic heterocycles. The third-order valence-corrected chi connectivity index (χ3v) is 3.45. The van der Waals surface area contributed by atoms with E-state index in [9.17, 15) is 4.79 Å². The van der Waals surface area contributed by atoms with Gasteiger partial charge in [0.2, 0.25) is 0 Å². The Morgan fingerprint density at radius 2 is 1.79 bits per heavy atom. The second-order valence-electron chi connectivity index (χ2n) is 4.85. The average Bonchev–Trinajstić information content (AvgIpc) is 2.41. The van der Waals surface area contributed by atoms with Crippen molar-refractivity contribution in [1.29, 1.82) is 0 Å². The topological polar surface area (TPSA) is 35.5 Å². The predicted octanol–water partition coefficient (Wildman–Crippen LogP) is 3.18. The van der Waals surface area contributed by atoms with Crippen molar-refractivity contribution in [3.8, 4) is 0 Å². The van der Waals surface area contributed by atoms with E-state index < -0.39 is 5.41 Å². The van der Waals surface area contributed by atoms with Gasteiger partial charge in [0.1, 0.15) is 5.41 Å². The van der Waals surface area contributed by atoms with Crippen LogP contribution >= 0.6 is 0 Å². The smallest absolute Gasteiger partial charge is 0.319 e. The maximum Gasteiger partial charge on any atom is 0.319 e. The van der Waals surface area contributed by atoms with Crippen LogP contribution in [-0.4, -0.2) is 25.8 Å². The Labute approximate surface area is 115 Å². The van der Waals surface area contributed by atoms with Gasteiger partial charge in [0.25, 0.3) is 0 Å². The molecule has 0 aliphatic heterocycles. The van der Waals surface area contributed by atoms with Gasteiger partial charge in [-0.1, -0.05) is 44.2 Å². The molecule has 3 nitrogen and oxygen atoms in total. The highest BCUT2D eigenvalue weighted by molar-refractivity contribution is 5.84. The molecule has 0 amide bonds. The molecule has 0 saturated heterocycles. The van der Waals surface area contributed by atoms with Crippen molar-refractivity contribution < 1.29 is 14.3 Å². The second-order valence-corrected chi connectivity index (χ2v) is 4.85. The van der Waals surface area contributed by atoms with E-state index in [2.05, 4.69) is 0 Å². The van der Waals surface area contributed by atoms with Gasteiger partial charge in [0, 0.05) is 6.61 Å². The van der Waals surface area contributed by atoms with E-state index in [4.69, 9.17) is 9.47 Å². The maximum atomic E-state index is 12.5. The fourth-order valence-electron chi connectivity index (χ4n) is 2.25. The summed E-state index contributed by atoms with van der Waals surface area (Å²) in [5.74, 6) is -0.106. The highest BCUT2D eigenvalue weighted by Gasteiger charge is 2.45.